The van der Waals surface area contributed by atoms with E-state index in [0.717, 1.165) is 55.8 Å². The van der Waals surface area contributed by atoms with Gasteiger partial charge in [0, 0.05) is 47.6 Å². The van der Waals surface area contributed by atoms with Gasteiger partial charge in [-0.15, -0.1) is 0 Å². The number of halogens is 2. The van der Waals surface area contributed by atoms with Gasteiger partial charge in [0.25, 0.3) is 5.91 Å². The Morgan fingerprint density at radius 2 is 2.09 bits per heavy atom. The summed E-state index contributed by atoms with van der Waals surface area (Å²) >= 11 is 0. The quantitative estimate of drug-likeness (QED) is 0.0568. The molecule has 2 N–H and O–H groups in total. The van der Waals surface area contributed by atoms with Crippen LogP contribution in [0, 0.1) is 29.9 Å². The van der Waals surface area contributed by atoms with Crippen LogP contribution < -0.4 is 5.32 Å². The van der Waals surface area contributed by atoms with Gasteiger partial charge in [-0.25, -0.2) is 18.8 Å². The molecule has 11 nitrogen and oxygen atoms in total. The van der Waals surface area contributed by atoms with Crippen LogP contribution in [0.3, 0.4) is 0 Å². The van der Waals surface area contributed by atoms with E-state index in [1.54, 1.807) is 25.1 Å². The highest BCUT2D eigenvalue weighted by Crippen LogP contribution is 2.27. The number of amides is 1. The normalized spacial score (nSPS) is 16.5. The van der Waals surface area contributed by atoms with Gasteiger partial charge in [0.2, 0.25) is 5.88 Å². The minimum Gasteiger partial charge on any atom is -0.473 e. The average Bonchev–Trinajstić information content (AvgIpc) is 3.69. The minimum atomic E-state index is -0.554. The van der Waals surface area contributed by atoms with Gasteiger partial charge >= 0.3 is 0 Å². The van der Waals surface area contributed by atoms with Crippen molar-refractivity contribution in [3.05, 3.63) is 124 Å². The lowest BCUT2D eigenvalue weighted by Gasteiger charge is -2.29. The zero-order valence-corrected chi connectivity index (χ0v) is 29.2. The van der Waals surface area contributed by atoms with Crippen LogP contribution in [0.25, 0.3) is 21.9 Å². The number of nitrogens with one attached hydrogen (secondary N) is 2. The summed E-state index contributed by atoms with van der Waals surface area (Å²) in [6.45, 7) is 9.00. The number of benzene rings is 3. The topological polar surface area (TPSA) is 133 Å². The van der Waals surface area contributed by atoms with E-state index in [9.17, 15) is 13.6 Å². The lowest BCUT2D eigenvalue weighted by Crippen LogP contribution is -2.33. The highest BCUT2D eigenvalue weighted by Gasteiger charge is 2.24. The van der Waals surface area contributed by atoms with Crippen molar-refractivity contribution in [1.29, 1.82) is 5.26 Å². The summed E-state index contributed by atoms with van der Waals surface area (Å²) in [6, 6.07) is 14.6. The molecule has 7 rings (SSSR count). The minimum absolute atomic E-state index is 0.0250. The molecule has 53 heavy (non-hydrogen) atoms. The third kappa shape index (κ3) is 8.09. The third-order valence-corrected chi connectivity index (χ3v) is 9.55. The fraction of sp³-hybridized carbons (Fsp3) is 0.275. The van der Waals surface area contributed by atoms with E-state index in [1.165, 1.54) is 23.8 Å². The number of ether oxygens (including phenoxy) is 2. The standard InChI is InChI=1S/C40H38F2N8O3/c1-25-32-18-29(19-34(42)39(32)48-47-25)40(51)45-30-9-10-35-36(20-30)50(22-31-13-16-52-31)37(46-35)23-49-14-11-26(12-15-49)5-3-4-6-38(44-2)53-24-28-8-7-27(21-43)17-33(28)41/h3-4,6-11,17-20,31H,2,5,12-16,22-24H2,1H3,(H,45,51)(H,47,48)/b4-3-,38-6+. The van der Waals surface area contributed by atoms with Crippen LogP contribution in [0.1, 0.15) is 52.3 Å². The molecule has 4 heterocycles. The molecule has 13 heteroatoms. The van der Waals surface area contributed by atoms with Crippen LogP contribution in [0.4, 0.5) is 14.5 Å². The summed E-state index contributed by atoms with van der Waals surface area (Å²) in [4.78, 5) is 24.5. The van der Waals surface area contributed by atoms with Crippen molar-refractivity contribution in [1.82, 2.24) is 24.6 Å². The molecule has 0 saturated carbocycles. The van der Waals surface area contributed by atoms with Gasteiger partial charge < -0.3 is 19.4 Å². The first-order valence-corrected chi connectivity index (χ1v) is 17.4. The number of hydrogen-bond donors (Lipinski definition) is 2. The Hall–Kier alpha value is -5.97. The van der Waals surface area contributed by atoms with E-state index in [4.69, 9.17) is 19.7 Å². The second kappa shape index (κ2) is 15.7. The highest BCUT2D eigenvalue weighted by molar-refractivity contribution is 6.07. The summed E-state index contributed by atoms with van der Waals surface area (Å²) in [5.74, 6) is -0.271. The molecule has 2 aliphatic heterocycles. The zero-order valence-electron chi connectivity index (χ0n) is 29.2. The van der Waals surface area contributed by atoms with Gasteiger partial charge in [0.15, 0.2) is 5.82 Å². The second-order valence-corrected chi connectivity index (χ2v) is 13.1. The number of carbonyl (C=O) groups is 1. The number of carbonyl (C=O) groups excluding carboxylic acids is 1. The summed E-state index contributed by atoms with van der Waals surface area (Å²) in [7, 11) is 0. The number of imidazole rings is 1. The molecule has 2 aliphatic rings. The van der Waals surface area contributed by atoms with Crippen molar-refractivity contribution < 1.29 is 23.0 Å². The van der Waals surface area contributed by atoms with Gasteiger partial charge in [-0.2, -0.15) is 10.4 Å². The van der Waals surface area contributed by atoms with E-state index < -0.39 is 17.5 Å². The summed E-state index contributed by atoms with van der Waals surface area (Å²) in [5.41, 5.74) is 5.31. The monoisotopic (exact) mass is 716 g/mol. The third-order valence-electron chi connectivity index (χ3n) is 9.55. The number of aromatic amines is 1. The Balaban J connectivity index is 0.982. The average molecular weight is 717 g/mol. The lowest BCUT2D eigenvalue weighted by molar-refractivity contribution is -0.0591. The maximum absolute atomic E-state index is 14.7. The van der Waals surface area contributed by atoms with Crippen LogP contribution in [0.5, 0.6) is 0 Å². The number of aliphatic imine (C=N–C) groups is 1. The number of rotatable bonds is 13. The van der Waals surface area contributed by atoms with Crippen LogP contribution in [0.2, 0.25) is 0 Å². The molecule has 0 spiro atoms. The predicted molar refractivity (Wildman–Crippen MR) is 198 cm³/mol. The number of nitriles is 1. The lowest BCUT2D eigenvalue weighted by atomic mass is 10.0. The van der Waals surface area contributed by atoms with Crippen molar-refractivity contribution in [2.75, 3.05) is 25.0 Å². The van der Waals surface area contributed by atoms with Crippen molar-refractivity contribution in [2.24, 2.45) is 4.99 Å². The summed E-state index contributed by atoms with van der Waals surface area (Å²) < 4.78 is 42.4. The van der Waals surface area contributed by atoms with E-state index in [0.29, 0.717) is 35.4 Å². The first kappa shape index (κ1) is 35.4. The molecule has 0 aliphatic carbocycles. The van der Waals surface area contributed by atoms with E-state index in [2.05, 4.69) is 42.8 Å². The van der Waals surface area contributed by atoms with Gasteiger partial charge in [-0.1, -0.05) is 29.9 Å². The van der Waals surface area contributed by atoms with E-state index in [1.807, 2.05) is 36.4 Å². The number of anilines is 1. The Kier molecular flexibility index (Phi) is 10.5. The van der Waals surface area contributed by atoms with Crippen LogP contribution in [0.15, 0.2) is 89.3 Å². The van der Waals surface area contributed by atoms with E-state index >= 15 is 0 Å². The fourth-order valence-electron chi connectivity index (χ4n) is 6.42. The Bertz CT molecular complexity index is 2330. The molecule has 2 aromatic heterocycles. The number of H-pyrrole nitrogens is 1. The molecule has 1 unspecified atom stereocenters. The number of nitrogens with zero attached hydrogens (tertiary/aromatic N) is 6. The molecule has 270 valence electrons. The maximum atomic E-state index is 14.7. The number of aromatic nitrogens is 4. The van der Waals surface area contributed by atoms with Gasteiger partial charge in [0.1, 0.15) is 23.8 Å². The van der Waals surface area contributed by atoms with Crippen molar-refractivity contribution in [3.63, 3.8) is 0 Å². The first-order valence-electron chi connectivity index (χ1n) is 17.4. The molecule has 0 radical (unpaired) electrons. The number of aryl methyl sites for hydroxylation is 1. The van der Waals surface area contributed by atoms with Gasteiger partial charge in [-0.3, -0.25) is 14.8 Å². The van der Waals surface area contributed by atoms with Crippen molar-refractivity contribution >= 4 is 40.2 Å². The van der Waals surface area contributed by atoms with E-state index in [-0.39, 0.29) is 35.2 Å². The molecule has 0 bridgehead atoms. The molecule has 1 atom stereocenters. The van der Waals surface area contributed by atoms with Gasteiger partial charge in [-0.05, 0) is 81.4 Å². The van der Waals surface area contributed by atoms with Crippen molar-refractivity contribution in [2.45, 2.75) is 52.0 Å². The molecule has 1 fully saturated rings. The van der Waals surface area contributed by atoms with Gasteiger partial charge in [0.05, 0.1) is 41.9 Å². The molecule has 3 aromatic carbocycles. The molecule has 1 saturated heterocycles. The number of hydrogen-bond acceptors (Lipinski definition) is 8. The zero-order chi connectivity index (χ0) is 36.9. The number of fused-ring (bicyclic) bond motifs is 2. The van der Waals surface area contributed by atoms with Crippen LogP contribution in [-0.4, -0.2) is 63.1 Å². The molecular weight excluding hydrogens is 678 g/mol. The molecule has 1 amide bonds. The predicted octanol–water partition coefficient (Wildman–Crippen LogP) is 7.25. The Morgan fingerprint density at radius 3 is 2.83 bits per heavy atom. The smallest absolute Gasteiger partial charge is 0.255 e. The highest BCUT2D eigenvalue weighted by atomic mass is 19.1. The Morgan fingerprint density at radius 1 is 1.23 bits per heavy atom. The first-order chi connectivity index (χ1) is 25.8. The van der Waals surface area contributed by atoms with Crippen LogP contribution in [-0.2, 0) is 29.2 Å². The van der Waals surface area contributed by atoms with Crippen molar-refractivity contribution in [3.8, 4) is 6.07 Å². The summed E-state index contributed by atoms with van der Waals surface area (Å²) in [5, 5.41) is 19.2. The number of allylic oxidation sites excluding steroid dienone is 3. The SMILES string of the molecule is C=N/C(=C\C=C/CC1=CCN(Cc2nc3ccc(NC(=O)c4cc(F)c5n[nH]c(C)c5c4)cc3n2CC2CCO2)CC1)OCc1ccc(C#N)cc1F. The van der Waals surface area contributed by atoms with Crippen LogP contribution >= 0.6 is 0 Å². The largest absolute Gasteiger partial charge is 0.473 e. The second-order valence-electron chi connectivity index (χ2n) is 13.1. The fourth-order valence-corrected chi connectivity index (χ4v) is 6.42. The molecule has 5 aromatic rings. The molecular formula is C40H38F2N8O3. The Labute approximate surface area is 304 Å². The maximum Gasteiger partial charge on any atom is 0.255 e. The summed E-state index contributed by atoms with van der Waals surface area (Å²) in [6.07, 6.45) is 10.6.